The van der Waals surface area contributed by atoms with Crippen LogP contribution < -0.4 is 15.0 Å². The number of nitrogens with one attached hydrogen (secondary N) is 1. The molecule has 6 heteroatoms. The van der Waals surface area contributed by atoms with E-state index in [1.807, 2.05) is 31.2 Å². The van der Waals surface area contributed by atoms with Crippen LogP contribution >= 0.6 is 23.8 Å². The maximum Gasteiger partial charge on any atom is 0.281 e. The second kappa shape index (κ2) is 7.03. The zero-order valence-corrected chi connectivity index (χ0v) is 14.5. The summed E-state index contributed by atoms with van der Waals surface area (Å²) >= 11 is 11.3. The molecule has 1 heterocycles. The first-order valence-corrected chi connectivity index (χ1v) is 8.22. The molecule has 2 aromatic carbocycles. The largest absolute Gasteiger partial charge is 0.494 e. The standard InChI is InChI=1S/C18H15ClN2O2S/c1-2-23-15-8-6-14(7-9-15)21-17(22)16(20-18(21)24)11-12-4-3-5-13(19)10-12/h3-11H,2H2,1H3,(H,20,24)/b16-11-. The molecule has 1 amide bonds. The van der Waals surface area contributed by atoms with Gasteiger partial charge in [0.15, 0.2) is 5.11 Å². The molecule has 24 heavy (non-hydrogen) atoms. The lowest BCUT2D eigenvalue weighted by atomic mass is 10.2. The SMILES string of the molecule is CCOc1ccc(N2C(=O)/C(=C/c3cccc(Cl)c3)NC2=S)cc1. The first kappa shape index (κ1) is 16.5. The van der Waals surface area contributed by atoms with Crippen LogP contribution in [0.4, 0.5) is 5.69 Å². The zero-order chi connectivity index (χ0) is 17.1. The van der Waals surface area contributed by atoms with Crippen molar-refractivity contribution >= 4 is 46.6 Å². The number of ether oxygens (including phenoxy) is 1. The highest BCUT2D eigenvalue weighted by molar-refractivity contribution is 7.80. The minimum absolute atomic E-state index is 0.205. The van der Waals surface area contributed by atoms with Gasteiger partial charge in [0.05, 0.1) is 12.3 Å². The van der Waals surface area contributed by atoms with Crippen molar-refractivity contribution in [2.45, 2.75) is 6.92 Å². The lowest BCUT2D eigenvalue weighted by molar-refractivity contribution is -0.113. The second-order valence-corrected chi connectivity index (χ2v) is 5.93. The molecule has 0 radical (unpaired) electrons. The van der Waals surface area contributed by atoms with Crippen LogP contribution in [0.2, 0.25) is 5.02 Å². The van der Waals surface area contributed by atoms with Crippen LogP contribution in [0.1, 0.15) is 12.5 Å². The molecule has 0 atom stereocenters. The van der Waals surface area contributed by atoms with Gasteiger partial charge in [0, 0.05) is 5.02 Å². The van der Waals surface area contributed by atoms with E-state index in [1.165, 1.54) is 4.90 Å². The third-order valence-corrected chi connectivity index (χ3v) is 3.96. The van der Waals surface area contributed by atoms with Gasteiger partial charge in [0.2, 0.25) is 0 Å². The van der Waals surface area contributed by atoms with Gasteiger partial charge in [-0.25, -0.2) is 0 Å². The Morgan fingerprint density at radius 2 is 2.00 bits per heavy atom. The van der Waals surface area contributed by atoms with Crippen molar-refractivity contribution in [3.05, 3.63) is 64.8 Å². The van der Waals surface area contributed by atoms with Crippen LogP contribution in [0, 0.1) is 0 Å². The number of carbonyl (C=O) groups is 1. The molecule has 0 unspecified atom stereocenters. The maximum absolute atomic E-state index is 12.7. The topological polar surface area (TPSA) is 41.6 Å². The summed E-state index contributed by atoms with van der Waals surface area (Å²) in [7, 11) is 0. The van der Waals surface area contributed by atoms with Gasteiger partial charge in [0.25, 0.3) is 5.91 Å². The Kier molecular flexibility index (Phi) is 4.83. The zero-order valence-electron chi connectivity index (χ0n) is 13.0. The number of hydrogen-bond donors (Lipinski definition) is 1. The fourth-order valence-corrected chi connectivity index (χ4v) is 2.89. The van der Waals surface area contributed by atoms with Gasteiger partial charge < -0.3 is 10.1 Å². The summed E-state index contributed by atoms with van der Waals surface area (Å²) in [6.45, 7) is 2.51. The molecule has 1 N–H and O–H groups in total. The molecule has 3 rings (SSSR count). The van der Waals surface area contributed by atoms with E-state index in [2.05, 4.69) is 5.32 Å². The molecular weight excluding hydrogens is 344 g/mol. The Morgan fingerprint density at radius 3 is 2.67 bits per heavy atom. The number of halogens is 1. The summed E-state index contributed by atoms with van der Waals surface area (Å²) < 4.78 is 5.41. The molecule has 1 aliphatic heterocycles. The van der Waals surface area contributed by atoms with Crippen molar-refractivity contribution in [1.82, 2.24) is 5.32 Å². The molecule has 0 bridgehead atoms. The second-order valence-electron chi connectivity index (χ2n) is 5.11. The van der Waals surface area contributed by atoms with E-state index in [0.717, 1.165) is 11.3 Å². The van der Waals surface area contributed by atoms with Gasteiger partial charge in [-0.05, 0) is 67.2 Å². The predicted octanol–water partition coefficient (Wildman–Crippen LogP) is 4.00. The van der Waals surface area contributed by atoms with E-state index in [1.54, 1.807) is 30.3 Å². The molecule has 0 aliphatic carbocycles. The smallest absolute Gasteiger partial charge is 0.281 e. The molecule has 1 aliphatic rings. The number of hydrogen-bond acceptors (Lipinski definition) is 3. The average molecular weight is 359 g/mol. The van der Waals surface area contributed by atoms with Crippen molar-refractivity contribution in [2.24, 2.45) is 0 Å². The van der Waals surface area contributed by atoms with Crippen LogP contribution in [0.3, 0.4) is 0 Å². The number of rotatable bonds is 4. The van der Waals surface area contributed by atoms with Crippen LogP contribution in [-0.2, 0) is 4.79 Å². The van der Waals surface area contributed by atoms with E-state index in [-0.39, 0.29) is 5.91 Å². The molecule has 1 saturated heterocycles. The fraction of sp³-hybridized carbons (Fsp3) is 0.111. The number of carbonyl (C=O) groups excluding carboxylic acids is 1. The van der Waals surface area contributed by atoms with E-state index in [9.17, 15) is 4.79 Å². The summed E-state index contributed by atoms with van der Waals surface area (Å²) in [5.74, 6) is 0.547. The van der Waals surface area contributed by atoms with Crippen molar-refractivity contribution in [1.29, 1.82) is 0 Å². The summed E-state index contributed by atoms with van der Waals surface area (Å²) in [5, 5.41) is 3.91. The average Bonchev–Trinajstić information content (AvgIpc) is 2.83. The van der Waals surface area contributed by atoms with Gasteiger partial charge in [-0.15, -0.1) is 0 Å². The first-order chi connectivity index (χ1) is 11.6. The van der Waals surface area contributed by atoms with Crippen LogP contribution in [0.15, 0.2) is 54.2 Å². The minimum Gasteiger partial charge on any atom is -0.494 e. The molecular formula is C18H15ClN2O2S. The highest BCUT2D eigenvalue weighted by atomic mass is 35.5. The highest BCUT2D eigenvalue weighted by Crippen LogP contribution is 2.25. The van der Waals surface area contributed by atoms with Gasteiger partial charge in [-0.3, -0.25) is 9.69 Å². The van der Waals surface area contributed by atoms with Crippen molar-refractivity contribution in [3.8, 4) is 5.75 Å². The van der Waals surface area contributed by atoms with Crippen LogP contribution in [0.25, 0.3) is 6.08 Å². The molecule has 0 spiro atoms. The number of benzene rings is 2. The lowest BCUT2D eigenvalue weighted by Crippen LogP contribution is -2.30. The van der Waals surface area contributed by atoms with E-state index >= 15 is 0 Å². The normalized spacial score (nSPS) is 15.8. The number of thiocarbonyl (C=S) groups is 1. The van der Waals surface area contributed by atoms with Crippen LogP contribution in [0.5, 0.6) is 5.75 Å². The monoisotopic (exact) mass is 358 g/mol. The Morgan fingerprint density at radius 1 is 1.25 bits per heavy atom. The third kappa shape index (κ3) is 3.42. The number of amides is 1. The Bertz CT molecular complexity index is 818. The summed E-state index contributed by atoms with van der Waals surface area (Å²) in [5.41, 5.74) is 1.93. The Hall–Kier alpha value is -2.37. The van der Waals surface area contributed by atoms with Gasteiger partial charge in [-0.2, -0.15) is 0 Å². The van der Waals surface area contributed by atoms with E-state index in [0.29, 0.717) is 28.1 Å². The predicted molar refractivity (Wildman–Crippen MR) is 100 cm³/mol. The molecule has 0 saturated carbocycles. The number of nitrogens with zero attached hydrogens (tertiary/aromatic N) is 1. The highest BCUT2D eigenvalue weighted by Gasteiger charge is 2.31. The quantitative estimate of drug-likeness (QED) is 0.662. The van der Waals surface area contributed by atoms with E-state index in [4.69, 9.17) is 28.6 Å². The first-order valence-electron chi connectivity index (χ1n) is 7.44. The maximum atomic E-state index is 12.7. The molecule has 122 valence electrons. The Labute approximate surface area is 150 Å². The summed E-state index contributed by atoms with van der Waals surface area (Å²) in [6.07, 6.45) is 1.73. The molecule has 1 fully saturated rings. The fourth-order valence-electron chi connectivity index (χ4n) is 2.39. The van der Waals surface area contributed by atoms with Gasteiger partial charge in [0.1, 0.15) is 11.4 Å². The molecule has 4 nitrogen and oxygen atoms in total. The van der Waals surface area contributed by atoms with Gasteiger partial charge in [-0.1, -0.05) is 23.7 Å². The minimum atomic E-state index is -0.205. The summed E-state index contributed by atoms with van der Waals surface area (Å²) in [6, 6.07) is 14.5. The van der Waals surface area contributed by atoms with Crippen LogP contribution in [-0.4, -0.2) is 17.6 Å². The van der Waals surface area contributed by atoms with Crippen molar-refractivity contribution in [3.63, 3.8) is 0 Å². The van der Waals surface area contributed by atoms with Crippen molar-refractivity contribution < 1.29 is 9.53 Å². The summed E-state index contributed by atoms with van der Waals surface area (Å²) in [4.78, 5) is 14.1. The van der Waals surface area contributed by atoms with E-state index < -0.39 is 0 Å². The Balaban J connectivity index is 1.86. The molecule has 0 aromatic heterocycles. The molecule has 2 aromatic rings. The number of anilines is 1. The van der Waals surface area contributed by atoms with Gasteiger partial charge >= 0.3 is 0 Å². The van der Waals surface area contributed by atoms with Crippen molar-refractivity contribution in [2.75, 3.05) is 11.5 Å². The lowest BCUT2D eigenvalue weighted by Gasteiger charge is -2.14. The third-order valence-electron chi connectivity index (χ3n) is 3.44.